The Hall–Kier alpha value is -2.03. The smallest absolute Gasteiger partial charge is 0.129 e. The van der Waals surface area contributed by atoms with Gasteiger partial charge in [0, 0.05) is 11.6 Å². The quantitative estimate of drug-likeness (QED) is 0.818. The van der Waals surface area contributed by atoms with Crippen LogP contribution < -0.4 is 9.47 Å². The highest BCUT2D eigenvalue weighted by molar-refractivity contribution is 5.34. The second-order valence-corrected chi connectivity index (χ2v) is 4.01. The molecule has 0 saturated carbocycles. The fraction of sp³-hybridized carbons (Fsp3) is 0.200. The van der Waals surface area contributed by atoms with Gasteiger partial charge in [0.05, 0.1) is 7.11 Å². The van der Waals surface area contributed by atoms with E-state index in [9.17, 15) is 4.39 Å². The van der Waals surface area contributed by atoms with Crippen molar-refractivity contribution in [2.45, 2.75) is 13.5 Å². The molecule has 0 unspecified atom stereocenters. The monoisotopic (exact) mass is 246 g/mol. The molecular formula is C15H15FO2. The molecule has 18 heavy (non-hydrogen) atoms. The number of benzene rings is 2. The van der Waals surface area contributed by atoms with Gasteiger partial charge in [-0.1, -0.05) is 24.3 Å². The number of para-hydroxylation sites is 1. The van der Waals surface area contributed by atoms with Crippen molar-refractivity contribution in [3.05, 3.63) is 59.4 Å². The largest absolute Gasteiger partial charge is 0.496 e. The van der Waals surface area contributed by atoms with Gasteiger partial charge in [0.15, 0.2) is 0 Å². The Morgan fingerprint density at radius 3 is 2.61 bits per heavy atom. The van der Waals surface area contributed by atoms with Crippen molar-refractivity contribution in [3.63, 3.8) is 0 Å². The molecule has 0 saturated heterocycles. The molecule has 3 heteroatoms. The van der Waals surface area contributed by atoms with Crippen molar-refractivity contribution < 1.29 is 13.9 Å². The summed E-state index contributed by atoms with van der Waals surface area (Å²) in [6, 6.07) is 12.5. The molecule has 2 aromatic carbocycles. The lowest BCUT2D eigenvalue weighted by atomic mass is 10.2. The molecule has 0 amide bonds. The molecule has 0 aromatic heterocycles. The summed E-state index contributed by atoms with van der Waals surface area (Å²) in [6.45, 7) is 2.08. The van der Waals surface area contributed by atoms with Gasteiger partial charge >= 0.3 is 0 Å². The first-order chi connectivity index (χ1) is 8.70. The molecule has 0 aliphatic carbocycles. The second-order valence-electron chi connectivity index (χ2n) is 4.01. The van der Waals surface area contributed by atoms with Crippen molar-refractivity contribution in [1.82, 2.24) is 0 Å². The van der Waals surface area contributed by atoms with Crippen LogP contribution in [0.2, 0.25) is 0 Å². The van der Waals surface area contributed by atoms with Gasteiger partial charge in [0.25, 0.3) is 0 Å². The van der Waals surface area contributed by atoms with E-state index in [1.807, 2.05) is 24.3 Å². The summed E-state index contributed by atoms with van der Waals surface area (Å²) in [7, 11) is 1.62. The SMILES string of the molecule is COc1ccccc1COc1ccc(C)c(F)c1. The van der Waals surface area contributed by atoms with Crippen molar-refractivity contribution in [3.8, 4) is 11.5 Å². The molecule has 0 radical (unpaired) electrons. The molecule has 2 nitrogen and oxygen atoms in total. The maximum absolute atomic E-state index is 13.3. The van der Waals surface area contributed by atoms with Gasteiger partial charge < -0.3 is 9.47 Å². The highest BCUT2D eigenvalue weighted by Gasteiger charge is 2.04. The van der Waals surface area contributed by atoms with E-state index in [-0.39, 0.29) is 5.82 Å². The minimum atomic E-state index is -0.257. The van der Waals surface area contributed by atoms with Gasteiger partial charge in [-0.2, -0.15) is 0 Å². The molecule has 0 spiro atoms. The lowest BCUT2D eigenvalue weighted by Crippen LogP contribution is -1.99. The predicted octanol–water partition coefficient (Wildman–Crippen LogP) is 3.72. The normalized spacial score (nSPS) is 10.2. The maximum atomic E-state index is 13.3. The maximum Gasteiger partial charge on any atom is 0.129 e. The van der Waals surface area contributed by atoms with E-state index in [0.29, 0.717) is 17.9 Å². The minimum Gasteiger partial charge on any atom is -0.496 e. The molecule has 94 valence electrons. The molecule has 0 bridgehead atoms. The van der Waals surface area contributed by atoms with Crippen LogP contribution in [0.15, 0.2) is 42.5 Å². The lowest BCUT2D eigenvalue weighted by Gasteiger charge is -2.10. The fourth-order valence-electron chi connectivity index (χ4n) is 1.65. The Balaban J connectivity index is 2.09. The number of halogens is 1. The molecule has 0 aliphatic heterocycles. The molecule has 0 N–H and O–H groups in total. The first-order valence-electron chi connectivity index (χ1n) is 5.71. The number of rotatable bonds is 4. The summed E-state index contributed by atoms with van der Waals surface area (Å²) in [5, 5.41) is 0. The summed E-state index contributed by atoms with van der Waals surface area (Å²) in [5.74, 6) is 1.03. The van der Waals surface area contributed by atoms with Crippen LogP contribution in [0.1, 0.15) is 11.1 Å². The van der Waals surface area contributed by atoms with Crippen LogP contribution in [-0.2, 0) is 6.61 Å². The molecule has 2 rings (SSSR count). The van der Waals surface area contributed by atoms with Crippen LogP contribution in [0.4, 0.5) is 4.39 Å². The van der Waals surface area contributed by atoms with Crippen molar-refractivity contribution in [2.75, 3.05) is 7.11 Å². The van der Waals surface area contributed by atoms with Crippen LogP contribution in [0, 0.1) is 12.7 Å². The highest BCUT2D eigenvalue weighted by Crippen LogP contribution is 2.21. The summed E-state index contributed by atoms with van der Waals surface area (Å²) in [5.41, 5.74) is 1.54. The van der Waals surface area contributed by atoms with E-state index >= 15 is 0 Å². The van der Waals surface area contributed by atoms with Gasteiger partial charge in [-0.3, -0.25) is 0 Å². The average molecular weight is 246 g/mol. The summed E-state index contributed by atoms with van der Waals surface area (Å²) >= 11 is 0. The summed E-state index contributed by atoms with van der Waals surface area (Å²) in [6.07, 6.45) is 0. The van der Waals surface area contributed by atoms with Gasteiger partial charge in [0.2, 0.25) is 0 Å². The van der Waals surface area contributed by atoms with Crippen molar-refractivity contribution in [2.24, 2.45) is 0 Å². The van der Waals surface area contributed by atoms with Gasteiger partial charge in [-0.05, 0) is 24.6 Å². The number of methoxy groups -OCH3 is 1. The van der Waals surface area contributed by atoms with E-state index in [2.05, 4.69) is 0 Å². The molecule has 0 aliphatic rings. The third-order valence-electron chi connectivity index (χ3n) is 2.73. The molecule has 0 heterocycles. The van der Waals surface area contributed by atoms with E-state index in [4.69, 9.17) is 9.47 Å². The van der Waals surface area contributed by atoms with Gasteiger partial charge in [0.1, 0.15) is 23.9 Å². The van der Waals surface area contributed by atoms with Gasteiger partial charge in [-0.25, -0.2) is 4.39 Å². The van der Waals surface area contributed by atoms with E-state index in [0.717, 1.165) is 11.3 Å². The number of ether oxygens (including phenoxy) is 2. The van der Waals surface area contributed by atoms with Crippen LogP contribution >= 0.6 is 0 Å². The second kappa shape index (κ2) is 5.54. The van der Waals surface area contributed by atoms with Gasteiger partial charge in [-0.15, -0.1) is 0 Å². The van der Waals surface area contributed by atoms with Crippen LogP contribution in [0.25, 0.3) is 0 Å². The summed E-state index contributed by atoms with van der Waals surface area (Å²) in [4.78, 5) is 0. The molecule has 2 aromatic rings. The topological polar surface area (TPSA) is 18.5 Å². The highest BCUT2D eigenvalue weighted by atomic mass is 19.1. The zero-order chi connectivity index (χ0) is 13.0. The Labute approximate surface area is 106 Å². The Kier molecular flexibility index (Phi) is 3.82. The lowest BCUT2D eigenvalue weighted by molar-refractivity contribution is 0.295. The molecular weight excluding hydrogens is 231 g/mol. The average Bonchev–Trinajstić information content (AvgIpc) is 2.40. The summed E-state index contributed by atoms with van der Waals surface area (Å²) < 4.78 is 24.1. The number of hydrogen-bond donors (Lipinski definition) is 0. The standard InChI is InChI=1S/C15H15FO2/c1-11-7-8-13(9-14(11)16)18-10-12-5-3-4-6-15(12)17-2/h3-9H,10H2,1-2H3. The van der Waals surface area contributed by atoms with Crippen molar-refractivity contribution >= 4 is 0 Å². The Bertz CT molecular complexity index is 538. The van der Waals surface area contributed by atoms with Crippen LogP contribution in [-0.4, -0.2) is 7.11 Å². The Morgan fingerprint density at radius 2 is 1.89 bits per heavy atom. The number of hydrogen-bond acceptors (Lipinski definition) is 2. The van der Waals surface area contributed by atoms with Crippen molar-refractivity contribution in [1.29, 1.82) is 0 Å². The first-order valence-corrected chi connectivity index (χ1v) is 5.71. The third-order valence-corrected chi connectivity index (χ3v) is 2.73. The van der Waals surface area contributed by atoms with Crippen LogP contribution in [0.3, 0.4) is 0 Å². The predicted molar refractivity (Wildman–Crippen MR) is 68.5 cm³/mol. The van der Waals surface area contributed by atoms with E-state index in [1.165, 1.54) is 6.07 Å². The van der Waals surface area contributed by atoms with E-state index < -0.39 is 0 Å². The fourth-order valence-corrected chi connectivity index (χ4v) is 1.65. The van der Waals surface area contributed by atoms with E-state index in [1.54, 1.807) is 26.2 Å². The minimum absolute atomic E-state index is 0.257. The van der Waals surface area contributed by atoms with Crippen LogP contribution in [0.5, 0.6) is 11.5 Å². The number of aryl methyl sites for hydroxylation is 1. The Morgan fingerprint density at radius 1 is 1.11 bits per heavy atom. The third kappa shape index (κ3) is 2.80. The first kappa shape index (κ1) is 12.4. The molecule has 0 fully saturated rings. The zero-order valence-corrected chi connectivity index (χ0v) is 10.4. The zero-order valence-electron chi connectivity index (χ0n) is 10.4. The molecule has 0 atom stereocenters.